The van der Waals surface area contributed by atoms with Crippen LogP contribution in [0.2, 0.25) is 0 Å². The number of aromatic nitrogens is 2. The van der Waals surface area contributed by atoms with Gasteiger partial charge in [0.1, 0.15) is 0 Å². The molecule has 1 aliphatic rings. The lowest BCUT2D eigenvalue weighted by Gasteiger charge is -2.22. The van der Waals surface area contributed by atoms with Gasteiger partial charge in [-0.25, -0.2) is 0 Å². The van der Waals surface area contributed by atoms with Crippen molar-refractivity contribution >= 4 is 22.7 Å². The molecule has 144 valence electrons. The third-order valence-electron chi connectivity index (χ3n) is 5.42. The third kappa shape index (κ3) is 3.76. The normalized spacial score (nSPS) is 16.7. The zero-order valence-electron chi connectivity index (χ0n) is 16.0. The van der Waals surface area contributed by atoms with Gasteiger partial charge in [-0.05, 0) is 35.2 Å². The number of para-hydroxylation sites is 1. The first-order valence-corrected chi connectivity index (χ1v) is 9.57. The first kappa shape index (κ1) is 18.2. The van der Waals surface area contributed by atoms with Gasteiger partial charge in [0.2, 0.25) is 11.8 Å². The molecule has 1 fully saturated rings. The molecule has 0 saturated carbocycles. The van der Waals surface area contributed by atoms with Crippen molar-refractivity contribution in [2.24, 2.45) is 5.92 Å². The standard InChI is InChI=1S/C22H24N4O2/c1-24(12-13-25-11-8-18-4-2-3-5-20(18)25)22(28)19-14-21(27)26(16-19)15-17-6-9-23-10-7-17/h2-11,19H,12-16H2,1H3/t19-/m0/s1. The van der Waals surface area contributed by atoms with E-state index >= 15 is 0 Å². The molecule has 0 spiro atoms. The van der Waals surface area contributed by atoms with Gasteiger partial charge in [-0.2, -0.15) is 0 Å². The Labute approximate surface area is 164 Å². The molecule has 1 aliphatic heterocycles. The van der Waals surface area contributed by atoms with Crippen molar-refractivity contribution in [1.29, 1.82) is 0 Å². The number of fused-ring (bicyclic) bond motifs is 1. The van der Waals surface area contributed by atoms with E-state index in [1.807, 2.05) is 31.3 Å². The number of rotatable bonds is 6. The molecule has 0 bridgehead atoms. The summed E-state index contributed by atoms with van der Waals surface area (Å²) in [5, 5.41) is 1.20. The van der Waals surface area contributed by atoms with E-state index in [0.717, 1.165) is 12.1 Å². The van der Waals surface area contributed by atoms with Crippen LogP contribution in [-0.2, 0) is 22.7 Å². The fourth-order valence-electron chi connectivity index (χ4n) is 3.81. The van der Waals surface area contributed by atoms with Gasteiger partial charge in [0.15, 0.2) is 0 Å². The van der Waals surface area contributed by atoms with Gasteiger partial charge in [-0.1, -0.05) is 18.2 Å². The summed E-state index contributed by atoms with van der Waals surface area (Å²) in [6.45, 7) is 2.37. The summed E-state index contributed by atoms with van der Waals surface area (Å²) in [6, 6.07) is 14.1. The van der Waals surface area contributed by atoms with E-state index in [9.17, 15) is 9.59 Å². The smallest absolute Gasteiger partial charge is 0.227 e. The molecule has 3 aromatic rings. The summed E-state index contributed by atoms with van der Waals surface area (Å²) in [5.74, 6) is -0.178. The molecule has 6 heteroatoms. The summed E-state index contributed by atoms with van der Waals surface area (Å²) in [7, 11) is 1.82. The highest BCUT2D eigenvalue weighted by Crippen LogP contribution is 2.22. The van der Waals surface area contributed by atoms with Crippen LogP contribution in [0.3, 0.4) is 0 Å². The van der Waals surface area contributed by atoms with Gasteiger partial charge < -0.3 is 14.4 Å². The molecule has 0 N–H and O–H groups in total. The predicted molar refractivity (Wildman–Crippen MR) is 107 cm³/mol. The quantitative estimate of drug-likeness (QED) is 0.664. The summed E-state index contributed by atoms with van der Waals surface area (Å²) in [5.41, 5.74) is 2.20. The number of nitrogens with zero attached hydrogens (tertiary/aromatic N) is 4. The Bertz CT molecular complexity index is 982. The minimum Gasteiger partial charge on any atom is -0.346 e. The Morgan fingerprint density at radius 3 is 2.79 bits per heavy atom. The first-order valence-electron chi connectivity index (χ1n) is 9.57. The molecule has 1 atom stereocenters. The Balaban J connectivity index is 1.34. The van der Waals surface area contributed by atoms with Crippen LogP contribution in [0.25, 0.3) is 10.9 Å². The molecule has 3 heterocycles. The number of carbonyl (C=O) groups is 2. The SMILES string of the molecule is CN(CCn1ccc2ccccc21)C(=O)[C@H]1CC(=O)N(Cc2ccncc2)C1. The zero-order valence-corrected chi connectivity index (χ0v) is 16.0. The second-order valence-corrected chi connectivity index (χ2v) is 7.36. The van der Waals surface area contributed by atoms with Gasteiger partial charge in [-0.3, -0.25) is 14.6 Å². The third-order valence-corrected chi connectivity index (χ3v) is 5.42. The van der Waals surface area contributed by atoms with Crippen molar-refractivity contribution in [3.05, 3.63) is 66.6 Å². The number of likely N-dealkylation sites (tertiary alicyclic amines) is 1. The number of likely N-dealkylation sites (N-methyl/N-ethyl adjacent to an activating group) is 1. The summed E-state index contributed by atoms with van der Waals surface area (Å²) >= 11 is 0. The lowest BCUT2D eigenvalue weighted by Crippen LogP contribution is -2.36. The second-order valence-electron chi connectivity index (χ2n) is 7.36. The van der Waals surface area contributed by atoms with Gasteiger partial charge in [0.05, 0.1) is 5.92 Å². The number of hydrogen-bond donors (Lipinski definition) is 0. The molecular formula is C22H24N4O2. The number of hydrogen-bond acceptors (Lipinski definition) is 3. The molecule has 0 unspecified atom stereocenters. The number of benzene rings is 1. The highest BCUT2D eigenvalue weighted by molar-refractivity contribution is 5.89. The average Bonchev–Trinajstić information content (AvgIpc) is 3.30. The van der Waals surface area contributed by atoms with Crippen LogP contribution in [0.5, 0.6) is 0 Å². The first-order chi connectivity index (χ1) is 13.6. The number of amides is 2. The minimum atomic E-state index is -0.263. The van der Waals surface area contributed by atoms with E-state index in [1.54, 1.807) is 22.2 Å². The highest BCUT2D eigenvalue weighted by Gasteiger charge is 2.35. The van der Waals surface area contributed by atoms with Gasteiger partial charge >= 0.3 is 0 Å². The van der Waals surface area contributed by atoms with Crippen LogP contribution >= 0.6 is 0 Å². The van der Waals surface area contributed by atoms with E-state index in [-0.39, 0.29) is 17.7 Å². The summed E-state index contributed by atoms with van der Waals surface area (Å²) in [6.07, 6.45) is 5.79. The molecule has 4 rings (SSSR count). The molecule has 2 amide bonds. The lowest BCUT2D eigenvalue weighted by atomic mass is 10.1. The van der Waals surface area contributed by atoms with E-state index < -0.39 is 0 Å². The Morgan fingerprint density at radius 1 is 1.18 bits per heavy atom. The van der Waals surface area contributed by atoms with Crippen LogP contribution in [-0.4, -0.2) is 51.3 Å². The van der Waals surface area contributed by atoms with Crippen molar-refractivity contribution in [3.8, 4) is 0 Å². The molecule has 1 saturated heterocycles. The van der Waals surface area contributed by atoms with Crippen molar-refractivity contribution in [3.63, 3.8) is 0 Å². The van der Waals surface area contributed by atoms with Gasteiger partial charge in [0.25, 0.3) is 0 Å². The molecule has 2 aromatic heterocycles. The molecule has 6 nitrogen and oxygen atoms in total. The number of pyridine rings is 1. The highest BCUT2D eigenvalue weighted by atomic mass is 16.2. The fraction of sp³-hybridized carbons (Fsp3) is 0.318. The lowest BCUT2D eigenvalue weighted by molar-refractivity contribution is -0.134. The zero-order chi connectivity index (χ0) is 19.5. The van der Waals surface area contributed by atoms with Crippen LogP contribution in [0.1, 0.15) is 12.0 Å². The maximum atomic E-state index is 12.8. The maximum absolute atomic E-state index is 12.8. The largest absolute Gasteiger partial charge is 0.346 e. The van der Waals surface area contributed by atoms with E-state index in [1.165, 1.54) is 10.9 Å². The van der Waals surface area contributed by atoms with Crippen molar-refractivity contribution in [1.82, 2.24) is 19.4 Å². The predicted octanol–water partition coefficient (Wildman–Crippen LogP) is 2.54. The molecule has 0 aliphatic carbocycles. The van der Waals surface area contributed by atoms with Crippen LogP contribution in [0.15, 0.2) is 61.1 Å². The summed E-state index contributed by atoms with van der Waals surface area (Å²) in [4.78, 5) is 32.7. The maximum Gasteiger partial charge on any atom is 0.227 e. The Morgan fingerprint density at radius 2 is 1.96 bits per heavy atom. The van der Waals surface area contributed by atoms with Crippen molar-refractivity contribution in [2.75, 3.05) is 20.1 Å². The van der Waals surface area contributed by atoms with Crippen LogP contribution < -0.4 is 0 Å². The Kier molecular flexibility index (Phi) is 5.10. The fourth-order valence-corrected chi connectivity index (χ4v) is 3.81. The molecule has 1 aromatic carbocycles. The second kappa shape index (κ2) is 7.84. The molecule has 28 heavy (non-hydrogen) atoms. The van der Waals surface area contributed by atoms with Crippen molar-refractivity contribution < 1.29 is 9.59 Å². The van der Waals surface area contributed by atoms with E-state index in [4.69, 9.17) is 0 Å². The van der Waals surface area contributed by atoms with E-state index in [2.05, 4.69) is 33.9 Å². The summed E-state index contributed by atoms with van der Waals surface area (Å²) < 4.78 is 2.16. The van der Waals surface area contributed by atoms with E-state index in [0.29, 0.717) is 26.1 Å². The molecular weight excluding hydrogens is 352 g/mol. The topological polar surface area (TPSA) is 58.4 Å². The molecule has 0 radical (unpaired) electrons. The van der Waals surface area contributed by atoms with Crippen molar-refractivity contribution in [2.45, 2.75) is 19.5 Å². The Hall–Kier alpha value is -3.15. The van der Waals surface area contributed by atoms with Crippen LogP contribution in [0.4, 0.5) is 0 Å². The van der Waals surface area contributed by atoms with Gasteiger partial charge in [-0.15, -0.1) is 0 Å². The minimum absolute atomic E-state index is 0.0416. The average molecular weight is 376 g/mol. The van der Waals surface area contributed by atoms with Crippen LogP contribution in [0, 0.1) is 5.92 Å². The number of carbonyl (C=O) groups excluding carboxylic acids is 2. The monoisotopic (exact) mass is 376 g/mol. The van der Waals surface area contributed by atoms with Gasteiger partial charge in [0, 0.05) is 63.8 Å².